The minimum absolute atomic E-state index is 0.00991. The molecule has 4 nitrogen and oxygen atoms in total. The van der Waals surface area contributed by atoms with Crippen molar-refractivity contribution >= 4 is 11.9 Å². The Kier molecular flexibility index (Phi) is 3.57. The highest BCUT2D eigenvalue weighted by Crippen LogP contribution is 1.94. The molecule has 1 amide bonds. The Labute approximate surface area is 65.6 Å². The number of amides is 1. The third-order valence-electron chi connectivity index (χ3n) is 1.19. The van der Waals surface area contributed by atoms with Gasteiger partial charge in [0, 0.05) is 6.04 Å². The van der Waals surface area contributed by atoms with E-state index in [0.717, 1.165) is 0 Å². The fourth-order valence-electron chi connectivity index (χ4n) is 0.522. The van der Waals surface area contributed by atoms with Gasteiger partial charge in [-0.05, 0) is 20.8 Å². The fourth-order valence-corrected chi connectivity index (χ4v) is 0.522. The molecule has 0 spiro atoms. The van der Waals surface area contributed by atoms with E-state index in [0.29, 0.717) is 0 Å². The number of carboxylic acids is 1. The number of aliphatic carboxylic acids is 1. The van der Waals surface area contributed by atoms with Gasteiger partial charge in [0.1, 0.15) is 5.92 Å². The Balaban J connectivity index is 3.93. The van der Waals surface area contributed by atoms with Crippen LogP contribution in [-0.4, -0.2) is 23.0 Å². The molecule has 0 bridgehead atoms. The average Bonchev–Trinajstić information content (AvgIpc) is 1.84. The zero-order chi connectivity index (χ0) is 9.02. The van der Waals surface area contributed by atoms with E-state index in [1.807, 2.05) is 0 Å². The second kappa shape index (κ2) is 3.95. The van der Waals surface area contributed by atoms with E-state index in [-0.39, 0.29) is 6.04 Å². The topological polar surface area (TPSA) is 66.4 Å². The summed E-state index contributed by atoms with van der Waals surface area (Å²) in [6.07, 6.45) is 0. The van der Waals surface area contributed by atoms with Crippen molar-refractivity contribution in [3.05, 3.63) is 0 Å². The summed E-state index contributed by atoms with van der Waals surface area (Å²) < 4.78 is 0. The molecule has 0 saturated heterocycles. The molecule has 1 unspecified atom stereocenters. The van der Waals surface area contributed by atoms with Gasteiger partial charge in [0.2, 0.25) is 5.91 Å². The molecule has 2 N–H and O–H groups in total. The van der Waals surface area contributed by atoms with Gasteiger partial charge < -0.3 is 10.4 Å². The van der Waals surface area contributed by atoms with E-state index < -0.39 is 17.8 Å². The van der Waals surface area contributed by atoms with Crippen LogP contribution in [0.3, 0.4) is 0 Å². The molecular formula is C7H13NO3. The average molecular weight is 159 g/mol. The largest absolute Gasteiger partial charge is 0.481 e. The Morgan fingerprint density at radius 3 is 2.00 bits per heavy atom. The molecule has 0 aliphatic rings. The van der Waals surface area contributed by atoms with Crippen LogP contribution < -0.4 is 5.32 Å². The van der Waals surface area contributed by atoms with Crippen molar-refractivity contribution in [2.45, 2.75) is 26.8 Å². The SMILES string of the molecule is CC(C)NC(=O)C(C)C(=O)O. The predicted octanol–water partition coefficient (Wildman–Crippen LogP) is 0.232. The summed E-state index contributed by atoms with van der Waals surface area (Å²) in [4.78, 5) is 21.2. The number of hydrogen-bond acceptors (Lipinski definition) is 2. The molecule has 0 rings (SSSR count). The van der Waals surface area contributed by atoms with Gasteiger partial charge in [-0.2, -0.15) is 0 Å². The van der Waals surface area contributed by atoms with Crippen LogP contribution >= 0.6 is 0 Å². The summed E-state index contributed by atoms with van der Waals surface area (Å²) in [7, 11) is 0. The van der Waals surface area contributed by atoms with E-state index >= 15 is 0 Å². The number of rotatable bonds is 3. The lowest BCUT2D eigenvalue weighted by Crippen LogP contribution is -2.37. The van der Waals surface area contributed by atoms with E-state index in [2.05, 4.69) is 5.32 Å². The predicted molar refractivity (Wildman–Crippen MR) is 40.1 cm³/mol. The minimum Gasteiger partial charge on any atom is -0.481 e. The Morgan fingerprint density at radius 1 is 1.27 bits per heavy atom. The van der Waals surface area contributed by atoms with Gasteiger partial charge in [0.15, 0.2) is 0 Å². The molecule has 0 radical (unpaired) electrons. The van der Waals surface area contributed by atoms with E-state index in [1.54, 1.807) is 13.8 Å². The third-order valence-corrected chi connectivity index (χ3v) is 1.19. The van der Waals surface area contributed by atoms with Crippen molar-refractivity contribution in [2.24, 2.45) is 5.92 Å². The lowest BCUT2D eigenvalue weighted by atomic mass is 10.1. The van der Waals surface area contributed by atoms with Gasteiger partial charge in [-0.1, -0.05) is 0 Å². The molecule has 64 valence electrons. The first kappa shape index (κ1) is 9.94. The maximum absolute atomic E-state index is 10.9. The summed E-state index contributed by atoms with van der Waals surface area (Å²) >= 11 is 0. The lowest BCUT2D eigenvalue weighted by Gasteiger charge is -2.10. The summed E-state index contributed by atoms with van der Waals surface area (Å²) in [6.45, 7) is 4.93. The van der Waals surface area contributed by atoms with Crippen LogP contribution in [0.4, 0.5) is 0 Å². The number of carboxylic acid groups (broad SMARTS) is 1. The van der Waals surface area contributed by atoms with Crippen molar-refractivity contribution in [1.29, 1.82) is 0 Å². The van der Waals surface area contributed by atoms with Crippen molar-refractivity contribution in [3.63, 3.8) is 0 Å². The fraction of sp³-hybridized carbons (Fsp3) is 0.714. The van der Waals surface area contributed by atoms with Gasteiger partial charge in [-0.3, -0.25) is 9.59 Å². The van der Waals surface area contributed by atoms with Gasteiger partial charge >= 0.3 is 5.97 Å². The first-order valence-corrected chi connectivity index (χ1v) is 3.48. The standard InChI is InChI=1S/C7H13NO3/c1-4(2)8-6(9)5(3)7(10)11/h4-5H,1-3H3,(H,8,9)(H,10,11). The normalized spacial score (nSPS) is 12.7. The van der Waals surface area contributed by atoms with Gasteiger partial charge in [0.25, 0.3) is 0 Å². The Bertz CT molecular complexity index is 165. The molecule has 0 fully saturated rings. The second-order valence-electron chi connectivity index (χ2n) is 2.72. The monoisotopic (exact) mass is 159 g/mol. The van der Waals surface area contributed by atoms with Gasteiger partial charge in [-0.25, -0.2) is 0 Å². The molecule has 4 heteroatoms. The maximum Gasteiger partial charge on any atom is 0.315 e. The summed E-state index contributed by atoms with van der Waals surface area (Å²) in [5.41, 5.74) is 0. The molecular weight excluding hydrogens is 146 g/mol. The van der Waals surface area contributed by atoms with Crippen molar-refractivity contribution in [3.8, 4) is 0 Å². The van der Waals surface area contributed by atoms with Crippen molar-refractivity contribution in [1.82, 2.24) is 5.32 Å². The molecule has 0 aromatic rings. The van der Waals surface area contributed by atoms with Crippen LogP contribution in [0.25, 0.3) is 0 Å². The summed E-state index contributed by atoms with van der Waals surface area (Å²) in [5.74, 6) is -2.49. The van der Waals surface area contributed by atoms with Crippen LogP contribution in [0.1, 0.15) is 20.8 Å². The molecule has 0 heterocycles. The Morgan fingerprint density at radius 2 is 1.73 bits per heavy atom. The highest BCUT2D eigenvalue weighted by molar-refractivity contribution is 5.96. The van der Waals surface area contributed by atoms with Crippen LogP contribution in [0.5, 0.6) is 0 Å². The third kappa shape index (κ3) is 3.60. The number of carbonyl (C=O) groups is 2. The zero-order valence-corrected chi connectivity index (χ0v) is 6.92. The zero-order valence-electron chi connectivity index (χ0n) is 6.92. The molecule has 0 aliphatic carbocycles. The van der Waals surface area contributed by atoms with Crippen molar-refractivity contribution < 1.29 is 14.7 Å². The molecule has 0 aromatic heterocycles. The van der Waals surface area contributed by atoms with E-state index in [4.69, 9.17) is 5.11 Å². The van der Waals surface area contributed by atoms with E-state index in [9.17, 15) is 9.59 Å². The highest BCUT2D eigenvalue weighted by atomic mass is 16.4. The van der Waals surface area contributed by atoms with Crippen LogP contribution in [-0.2, 0) is 9.59 Å². The lowest BCUT2D eigenvalue weighted by molar-refractivity contribution is -0.146. The number of hydrogen-bond donors (Lipinski definition) is 2. The molecule has 11 heavy (non-hydrogen) atoms. The van der Waals surface area contributed by atoms with Crippen LogP contribution in [0.15, 0.2) is 0 Å². The summed E-state index contributed by atoms with van der Waals surface area (Å²) in [5, 5.41) is 10.9. The first-order valence-electron chi connectivity index (χ1n) is 3.48. The number of carbonyl (C=O) groups excluding carboxylic acids is 1. The maximum atomic E-state index is 10.9. The van der Waals surface area contributed by atoms with Gasteiger partial charge in [0.05, 0.1) is 0 Å². The Hall–Kier alpha value is -1.06. The quantitative estimate of drug-likeness (QED) is 0.579. The minimum atomic E-state index is -1.09. The number of nitrogens with one attached hydrogen (secondary N) is 1. The molecule has 0 aromatic carbocycles. The second-order valence-corrected chi connectivity index (χ2v) is 2.72. The molecule has 0 saturated carbocycles. The van der Waals surface area contributed by atoms with Crippen molar-refractivity contribution in [2.75, 3.05) is 0 Å². The van der Waals surface area contributed by atoms with Gasteiger partial charge in [-0.15, -0.1) is 0 Å². The van der Waals surface area contributed by atoms with Crippen LogP contribution in [0.2, 0.25) is 0 Å². The smallest absolute Gasteiger partial charge is 0.315 e. The molecule has 0 aliphatic heterocycles. The molecule has 1 atom stereocenters. The van der Waals surface area contributed by atoms with Crippen LogP contribution in [0, 0.1) is 5.92 Å². The first-order chi connectivity index (χ1) is 4.95. The van der Waals surface area contributed by atoms with E-state index in [1.165, 1.54) is 6.92 Å². The highest BCUT2D eigenvalue weighted by Gasteiger charge is 2.20. The summed E-state index contributed by atoms with van der Waals surface area (Å²) in [6, 6.07) is -0.00991.